The maximum absolute atomic E-state index is 6.08. The molecular formula is C19H22N4O. The molecule has 0 unspecified atom stereocenters. The summed E-state index contributed by atoms with van der Waals surface area (Å²) in [5.41, 5.74) is 3.35. The molecule has 1 aliphatic rings. The predicted molar refractivity (Wildman–Crippen MR) is 95.1 cm³/mol. The van der Waals surface area contributed by atoms with E-state index in [1.807, 2.05) is 12.3 Å². The van der Waals surface area contributed by atoms with Crippen LogP contribution in [0.1, 0.15) is 24.0 Å². The van der Waals surface area contributed by atoms with Crippen LogP contribution in [0, 0.1) is 6.92 Å². The summed E-state index contributed by atoms with van der Waals surface area (Å²) in [4.78, 5) is 14.4. The van der Waals surface area contributed by atoms with E-state index in [0.717, 1.165) is 42.8 Å². The highest BCUT2D eigenvalue weighted by atomic mass is 16.5. The molecule has 0 aliphatic carbocycles. The van der Waals surface area contributed by atoms with Crippen LogP contribution in [0.4, 0.5) is 5.82 Å². The van der Waals surface area contributed by atoms with E-state index in [-0.39, 0.29) is 0 Å². The predicted octanol–water partition coefficient (Wildman–Crippen LogP) is 3.45. The number of nitrogens with zero attached hydrogens (tertiary/aromatic N) is 3. The molecule has 1 aliphatic heterocycles. The number of ether oxygens (including phenoxy) is 1. The van der Waals surface area contributed by atoms with Crippen LogP contribution in [0.3, 0.4) is 0 Å². The van der Waals surface area contributed by atoms with Crippen molar-refractivity contribution in [3.8, 4) is 0 Å². The van der Waals surface area contributed by atoms with E-state index in [0.29, 0.717) is 12.7 Å². The first-order valence-electron chi connectivity index (χ1n) is 8.50. The maximum atomic E-state index is 6.08. The second-order valence-corrected chi connectivity index (χ2v) is 6.38. The largest absolute Gasteiger partial charge is 0.373 e. The molecule has 1 fully saturated rings. The average Bonchev–Trinajstić information content (AvgIpc) is 3.03. The van der Waals surface area contributed by atoms with Gasteiger partial charge in [0.1, 0.15) is 17.8 Å². The molecule has 5 heteroatoms. The summed E-state index contributed by atoms with van der Waals surface area (Å²) in [7, 11) is 0. The molecule has 124 valence electrons. The molecule has 5 nitrogen and oxygen atoms in total. The van der Waals surface area contributed by atoms with Gasteiger partial charge < -0.3 is 14.6 Å². The first kappa shape index (κ1) is 15.1. The number of aromatic nitrogens is 3. The second-order valence-electron chi connectivity index (χ2n) is 6.38. The lowest BCUT2D eigenvalue weighted by Gasteiger charge is -2.33. The second kappa shape index (κ2) is 6.61. The lowest BCUT2D eigenvalue weighted by atomic mass is 10.1. The first-order chi connectivity index (χ1) is 11.8. The number of anilines is 1. The van der Waals surface area contributed by atoms with Gasteiger partial charge in [-0.2, -0.15) is 0 Å². The van der Waals surface area contributed by atoms with Crippen LogP contribution >= 0.6 is 0 Å². The minimum Gasteiger partial charge on any atom is -0.373 e. The molecule has 24 heavy (non-hydrogen) atoms. The van der Waals surface area contributed by atoms with E-state index in [1.165, 1.54) is 11.1 Å². The summed E-state index contributed by atoms with van der Waals surface area (Å²) in [5.74, 6) is 1.04. The number of fused-ring (bicyclic) bond motifs is 1. The Kier molecular flexibility index (Phi) is 4.17. The molecule has 1 N–H and O–H groups in total. The third-order valence-corrected chi connectivity index (χ3v) is 4.72. The van der Waals surface area contributed by atoms with Gasteiger partial charge in [0.15, 0.2) is 0 Å². The number of rotatable bonds is 4. The number of hydrogen-bond donors (Lipinski definition) is 1. The SMILES string of the molecule is Cc1c[nH]c2ncnc(N3CCC(OCc4ccccc4)CC3)c12. The van der Waals surface area contributed by atoms with Crippen molar-refractivity contribution in [3.05, 3.63) is 54.0 Å². The quantitative estimate of drug-likeness (QED) is 0.799. The molecule has 0 radical (unpaired) electrons. The number of aromatic amines is 1. The van der Waals surface area contributed by atoms with Crippen LogP contribution in [-0.4, -0.2) is 34.1 Å². The van der Waals surface area contributed by atoms with E-state index in [1.54, 1.807) is 6.33 Å². The monoisotopic (exact) mass is 322 g/mol. The Balaban J connectivity index is 1.40. The summed E-state index contributed by atoms with van der Waals surface area (Å²) < 4.78 is 6.08. The number of benzene rings is 1. The number of H-pyrrole nitrogens is 1. The topological polar surface area (TPSA) is 54.0 Å². The van der Waals surface area contributed by atoms with Gasteiger partial charge in [-0.05, 0) is 30.9 Å². The average molecular weight is 322 g/mol. The van der Waals surface area contributed by atoms with E-state index < -0.39 is 0 Å². The van der Waals surface area contributed by atoms with Crippen molar-refractivity contribution in [1.29, 1.82) is 0 Å². The molecule has 1 aromatic carbocycles. The number of piperidine rings is 1. The number of nitrogens with one attached hydrogen (secondary N) is 1. The standard InChI is InChI=1S/C19H22N4O/c1-14-11-20-18-17(14)19(22-13-21-18)23-9-7-16(8-10-23)24-12-15-5-3-2-4-6-15/h2-6,11,13,16H,7-10,12H2,1H3,(H,20,21,22). The zero-order valence-corrected chi connectivity index (χ0v) is 13.9. The van der Waals surface area contributed by atoms with E-state index in [2.05, 4.69) is 51.0 Å². The molecule has 3 aromatic rings. The molecule has 3 heterocycles. The van der Waals surface area contributed by atoms with Gasteiger partial charge in [-0.25, -0.2) is 9.97 Å². The summed E-state index contributed by atoms with van der Waals surface area (Å²) in [5, 5.41) is 1.14. The van der Waals surface area contributed by atoms with Crippen molar-refractivity contribution in [1.82, 2.24) is 15.0 Å². The van der Waals surface area contributed by atoms with Gasteiger partial charge in [0.2, 0.25) is 0 Å². The Morgan fingerprint density at radius 2 is 1.96 bits per heavy atom. The molecule has 0 bridgehead atoms. The summed E-state index contributed by atoms with van der Waals surface area (Å²) >= 11 is 0. The molecule has 4 rings (SSSR count). The third kappa shape index (κ3) is 2.99. The van der Waals surface area contributed by atoms with Crippen molar-refractivity contribution in [2.24, 2.45) is 0 Å². The fourth-order valence-electron chi connectivity index (χ4n) is 3.36. The maximum Gasteiger partial charge on any atom is 0.143 e. The van der Waals surface area contributed by atoms with E-state index >= 15 is 0 Å². The molecule has 1 saturated heterocycles. The van der Waals surface area contributed by atoms with Gasteiger partial charge >= 0.3 is 0 Å². The highest BCUT2D eigenvalue weighted by Crippen LogP contribution is 2.28. The molecule has 0 spiro atoms. The molecule has 2 aromatic heterocycles. The minimum atomic E-state index is 0.325. The smallest absolute Gasteiger partial charge is 0.143 e. The summed E-state index contributed by atoms with van der Waals surface area (Å²) in [6.07, 6.45) is 6.03. The van der Waals surface area contributed by atoms with Gasteiger partial charge in [-0.15, -0.1) is 0 Å². The molecular weight excluding hydrogens is 300 g/mol. The molecule has 0 atom stereocenters. The summed E-state index contributed by atoms with van der Waals surface area (Å²) in [6, 6.07) is 10.4. The van der Waals surface area contributed by atoms with E-state index in [9.17, 15) is 0 Å². The Bertz CT molecular complexity index is 807. The zero-order chi connectivity index (χ0) is 16.4. The van der Waals surface area contributed by atoms with Crippen molar-refractivity contribution in [3.63, 3.8) is 0 Å². The fraction of sp³-hybridized carbons (Fsp3) is 0.368. The highest BCUT2D eigenvalue weighted by Gasteiger charge is 2.23. The van der Waals surface area contributed by atoms with Crippen molar-refractivity contribution < 1.29 is 4.74 Å². The van der Waals surface area contributed by atoms with Crippen LogP contribution < -0.4 is 4.90 Å². The van der Waals surface area contributed by atoms with Crippen molar-refractivity contribution in [2.75, 3.05) is 18.0 Å². The molecule has 0 amide bonds. The van der Waals surface area contributed by atoms with Crippen LogP contribution in [0.2, 0.25) is 0 Å². The Morgan fingerprint density at radius 1 is 1.17 bits per heavy atom. The van der Waals surface area contributed by atoms with E-state index in [4.69, 9.17) is 4.74 Å². The lowest BCUT2D eigenvalue weighted by molar-refractivity contribution is 0.0251. The molecule has 0 saturated carbocycles. The lowest BCUT2D eigenvalue weighted by Crippen LogP contribution is -2.37. The van der Waals surface area contributed by atoms with Crippen LogP contribution in [0.5, 0.6) is 0 Å². The van der Waals surface area contributed by atoms with Crippen LogP contribution in [0.15, 0.2) is 42.9 Å². The normalized spacial score (nSPS) is 16.0. The van der Waals surface area contributed by atoms with Crippen LogP contribution in [0.25, 0.3) is 11.0 Å². The Morgan fingerprint density at radius 3 is 2.75 bits per heavy atom. The van der Waals surface area contributed by atoms with Crippen LogP contribution in [-0.2, 0) is 11.3 Å². The van der Waals surface area contributed by atoms with Gasteiger partial charge in [0.05, 0.1) is 18.1 Å². The Hall–Kier alpha value is -2.40. The van der Waals surface area contributed by atoms with Crippen molar-refractivity contribution >= 4 is 16.9 Å². The van der Waals surface area contributed by atoms with Gasteiger partial charge in [0, 0.05) is 19.3 Å². The van der Waals surface area contributed by atoms with Gasteiger partial charge in [0.25, 0.3) is 0 Å². The first-order valence-corrected chi connectivity index (χ1v) is 8.50. The Labute approximate surface area is 141 Å². The third-order valence-electron chi connectivity index (χ3n) is 4.72. The number of hydrogen-bond acceptors (Lipinski definition) is 4. The highest BCUT2D eigenvalue weighted by molar-refractivity contribution is 5.90. The minimum absolute atomic E-state index is 0.325. The van der Waals surface area contributed by atoms with Gasteiger partial charge in [-0.3, -0.25) is 0 Å². The van der Waals surface area contributed by atoms with Crippen molar-refractivity contribution in [2.45, 2.75) is 32.5 Å². The summed E-state index contributed by atoms with van der Waals surface area (Å²) in [6.45, 7) is 4.73. The fourth-order valence-corrected chi connectivity index (χ4v) is 3.36. The van der Waals surface area contributed by atoms with Gasteiger partial charge in [-0.1, -0.05) is 30.3 Å². The zero-order valence-electron chi connectivity index (χ0n) is 13.9. The number of aryl methyl sites for hydroxylation is 1.